The smallest absolute Gasteiger partial charge is 0.243 e. The molecule has 2 N–H and O–H groups in total. The third-order valence-electron chi connectivity index (χ3n) is 7.33. The Bertz CT molecular complexity index is 490. The Kier molecular flexibility index (Phi) is 6.30. The van der Waals surface area contributed by atoms with Gasteiger partial charge in [-0.3, -0.25) is 4.79 Å². The molecule has 0 radical (unpaired) electrons. The molecule has 3 fully saturated rings. The molecule has 2 aliphatic carbocycles. The maximum Gasteiger partial charge on any atom is 0.243 e. The molecule has 1 heterocycles. The van der Waals surface area contributed by atoms with Gasteiger partial charge in [-0.15, -0.1) is 0 Å². The fourth-order valence-electron chi connectivity index (χ4n) is 5.17. The Morgan fingerprint density at radius 1 is 1.08 bits per heavy atom. The summed E-state index contributed by atoms with van der Waals surface area (Å²) in [5.74, 6) is 1.00. The molecule has 1 amide bonds. The minimum Gasteiger partial charge on any atom is -0.378 e. The maximum absolute atomic E-state index is 13.2. The van der Waals surface area contributed by atoms with Crippen molar-refractivity contribution in [2.75, 3.05) is 39.3 Å². The van der Waals surface area contributed by atoms with Crippen molar-refractivity contribution in [1.82, 2.24) is 9.80 Å². The summed E-state index contributed by atoms with van der Waals surface area (Å²) >= 11 is 0. The van der Waals surface area contributed by atoms with E-state index in [9.17, 15) is 4.79 Å². The Labute approximate surface area is 159 Å². The van der Waals surface area contributed by atoms with Crippen LogP contribution in [0.4, 0.5) is 0 Å². The van der Waals surface area contributed by atoms with E-state index >= 15 is 0 Å². The van der Waals surface area contributed by atoms with Gasteiger partial charge in [-0.2, -0.15) is 0 Å². The fraction of sp³-hybridized carbons (Fsp3) is 0.952. The predicted molar refractivity (Wildman–Crippen MR) is 105 cm³/mol. The van der Waals surface area contributed by atoms with E-state index in [4.69, 9.17) is 10.5 Å². The lowest BCUT2D eigenvalue weighted by Gasteiger charge is -2.58. The second-order valence-electron chi connectivity index (χ2n) is 9.29. The van der Waals surface area contributed by atoms with Gasteiger partial charge in [0.15, 0.2) is 0 Å². The lowest BCUT2D eigenvalue weighted by molar-refractivity contribution is -0.179. The Balaban J connectivity index is 1.54. The Hall–Kier alpha value is -0.650. The molecule has 1 aliphatic heterocycles. The van der Waals surface area contributed by atoms with Crippen LogP contribution in [0, 0.1) is 11.3 Å². The van der Waals surface area contributed by atoms with Gasteiger partial charge in [0.25, 0.3) is 0 Å². The number of hydrogen-bond donors (Lipinski definition) is 1. The van der Waals surface area contributed by atoms with Gasteiger partial charge in [-0.25, -0.2) is 0 Å². The molecular formula is C21H39N3O2. The highest BCUT2D eigenvalue weighted by atomic mass is 16.5. The molecule has 2 atom stereocenters. The molecule has 3 aliphatic rings. The normalized spacial score (nSPS) is 33.5. The summed E-state index contributed by atoms with van der Waals surface area (Å²) in [4.78, 5) is 17.9. The minimum atomic E-state index is -0.772. The summed E-state index contributed by atoms with van der Waals surface area (Å²) in [6.45, 7) is 11.8. The first-order chi connectivity index (χ1) is 12.4. The van der Waals surface area contributed by atoms with Crippen molar-refractivity contribution in [3.63, 3.8) is 0 Å². The van der Waals surface area contributed by atoms with Crippen LogP contribution in [0.3, 0.4) is 0 Å². The molecule has 0 spiro atoms. The number of carbonyl (C=O) groups excluding carboxylic acids is 1. The molecule has 0 aromatic rings. The number of rotatable bonds is 5. The number of nitrogens with two attached hydrogens (primary N) is 1. The number of carbonyl (C=O) groups is 1. The average molecular weight is 366 g/mol. The van der Waals surface area contributed by atoms with Gasteiger partial charge in [-0.1, -0.05) is 33.1 Å². The Morgan fingerprint density at radius 2 is 1.81 bits per heavy atom. The first-order valence-electron chi connectivity index (χ1n) is 10.8. The van der Waals surface area contributed by atoms with Gasteiger partial charge in [0, 0.05) is 44.6 Å². The third-order valence-corrected chi connectivity index (χ3v) is 7.33. The van der Waals surface area contributed by atoms with Gasteiger partial charge in [-0.05, 0) is 38.6 Å². The zero-order valence-corrected chi connectivity index (χ0v) is 17.1. The summed E-state index contributed by atoms with van der Waals surface area (Å²) in [5, 5.41) is 0. The number of ether oxygens (including phenoxy) is 1. The molecule has 150 valence electrons. The van der Waals surface area contributed by atoms with Crippen LogP contribution in [0.5, 0.6) is 0 Å². The first kappa shape index (κ1) is 20.1. The van der Waals surface area contributed by atoms with Gasteiger partial charge in [0.05, 0.1) is 6.10 Å². The second kappa shape index (κ2) is 8.15. The van der Waals surface area contributed by atoms with Gasteiger partial charge >= 0.3 is 0 Å². The second-order valence-corrected chi connectivity index (χ2v) is 9.29. The van der Waals surface area contributed by atoms with E-state index in [0.717, 1.165) is 38.5 Å². The molecule has 1 saturated heterocycles. The zero-order chi connectivity index (χ0) is 18.8. The summed E-state index contributed by atoms with van der Waals surface area (Å²) in [7, 11) is 0. The number of hydrogen-bond acceptors (Lipinski definition) is 4. The molecule has 3 rings (SSSR count). The highest BCUT2D eigenvalue weighted by molar-refractivity contribution is 5.89. The SMILES string of the molecule is CCOC1CC(N)(C(=O)N2CCCN(CC3CCCCC3)CC2)C1(C)C. The molecule has 2 saturated carbocycles. The van der Waals surface area contributed by atoms with E-state index < -0.39 is 5.54 Å². The molecular weight excluding hydrogens is 326 g/mol. The topological polar surface area (TPSA) is 58.8 Å². The van der Waals surface area contributed by atoms with E-state index in [1.54, 1.807) is 0 Å². The van der Waals surface area contributed by atoms with Crippen LogP contribution in [0.2, 0.25) is 0 Å². The summed E-state index contributed by atoms with van der Waals surface area (Å²) < 4.78 is 5.79. The van der Waals surface area contributed by atoms with Crippen molar-refractivity contribution in [3.05, 3.63) is 0 Å². The molecule has 0 aromatic heterocycles. The fourth-order valence-corrected chi connectivity index (χ4v) is 5.17. The monoisotopic (exact) mass is 365 g/mol. The third kappa shape index (κ3) is 3.81. The van der Waals surface area contributed by atoms with E-state index in [0.29, 0.717) is 13.0 Å². The van der Waals surface area contributed by atoms with Crippen LogP contribution in [0.1, 0.15) is 65.7 Å². The summed E-state index contributed by atoms with van der Waals surface area (Å²) in [5.41, 5.74) is 5.56. The largest absolute Gasteiger partial charge is 0.378 e. The molecule has 2 unspecified atom stereocenters. The Morgan fingerprint density at radius 3 is 2.46 bits per heavy atom. The summed E-state index contributed by atoms with van der Waals surface area (Å²) in [6, 6.07) is 0. The average Bonchev–Trinajstić information content (AvgIpc) is 2.87. The first-order valence-corrected chi connectivity index (χ1v) is 10.8. The van der Waals surface area contributed by atoms with Crippen LogP contribution in [-0.2, 0) is 9.53 Å². The van der Waals surface area contributed by atoms with Crippen molar-refractivity contribution in [3.8, 4) is 0 Å². The quantitative estimate of drug-likeness (QED) is 0.814. The van der Waals surface area contributed by atoms with Crippen LogP contribution >= 0.6 is 0 Å². The van der Waals surface area contributed by atoms with Crippen molar-refractivity contribution in [1.29, 1.82) is 0 Å². The molecule has 5 heteroatoms. The standard InChI is InChI=1S/C21H39N3O2/c1-4-26-18-15-21(22,20(18,2)3)19(25)24-12-8-11-23(13-14-24)16-17-9-6-5-7-10-17/h17-18H,4-16,22H2,1-3H3. The highest BCUT2D eigenvalue weighted by Gasteiger charge is 2.63. The summed E-state index contributed by atoms with van der Waals surface area (Å²) in [6.07, 6.45) is 8.78. The van der Waals surface area contributed by atoms with Crippen molar-refractivity contribution in [2.24, 2.45) is 17.1 Å². The molecule has 0 bridgehead atoms. The van der Waals surface area contributed by atoms with E-state index in [1.165, 1.54) is 38.6 Å². The van der Waals surface area contributed by atoms with Gasteiger partial charge in [0.2, 0.25) is 5.91 Å². The van der Waals surface area contributed by atoms with Crippen molar-refractivity contribution >= 4 is 5.91 Å². The van der Waals surface area contributed by atoms with Crippen LogP contribution in [0.25, 0.3) is 0 Å². The minimum absolute atomic E-state index is 0.0937. The highest BCUT2D eigenvalue weighted by Crippen LogP contribution is 2.50. The molecule has 0 aromatic carbocycles. The number of amides is 1. The number of nitrogens with zero attached hydrogens (tertiary/aromatic N) is 2. The zero-order valence-electron chi connectivity index (χ0n) is 17.1. The van der Waals surface area contributed by atoms with E-state index in [2.05, 4.69) is 18.7 Å². The predicted octanol–water partition coefficient (Wildman–Crippen LogP) is 2.63. The molecule has 5 nitrogen and oxygen atoms in total. The van der Waals surface area contributed by atoms with Gasteiger partial charge in [0.1, 0.15) is 5.54 Å². The van der Waals surface area contributed by atoms with E-state index in [-0.39, 0.29) is 17.4 Å². The lowest BCUT2D eigenvalue weighted by atomic mass is 9.54. The van der Waals surface area contributed by atoms with Crippen molar-refractivity contribution in [2.45, 2.75) is 77.4 Å². The molecule has 26 heavy (non-hydrogen) atoms. The maximum atomic E-state index is 13.2. The van der Waals surface area contributed by atoms with Crippen molar-refractivity contribution < 1.29 is 9.53 Å². The van der Waals surface area contributed by atoms with Gasteiger partial charge < -0.3 is 20.3 Å². The van der Waals surface area contributed by atoms with Crippen LogP contribution in [-0.4, -0.2) is 66.7 Å². The van der Waals surface area contributed by atoms with Crippen LogP contribution in [0.15, 0.2) is 0 Å². The van der Waals surface area contributed by atoms with Crippen LogP contribution < -0.4 is 5.73 Å². The van der Waals surface area contributed by atoms with E-state index in [1.807, 2.05) is 11.8 Å². The lowest BCUT2D eigenvalue weighted by Crippen LogP contribution is -2.76.